The molecule has 0 amide bonds. The van der Waals surface area contributed by atoms with Gasteiger partial charge in [0.25, 0.3) is 0 Å². The summed E-state index contributed by atoms with van der Waals surface area (Å²) in [5.41, 5.74) is 7.62. The van der Waals surface area contributed by atoms with Crippen molar-refractivity contribution in [3.8, 4) is 5.75 Å². The summed E-state index contributed by atoms with van der Waals surface area (Å²) < 4.78 is 6.78. The first-order chi connectivity index (χ1) is 9.97. The number of ether oxygens (including phenoxy) is 1. The smallest absolute Gasteiger partial charge is 0.320 e. The number of methoxy groups -OCH3 is 1. The van der Waals surface area contributed by atoms with Gasteiger partial charge in [-0.25, -0.2) is 4.68 Å². The Hall–Kier alpha value is -2.48. The van der Waals surface area contributed by atoms with Crippen molar-refractivity contribution in [1.82, 2.24) is 20.0 Å². The molecule has 0 aromatic carbocycles. The number of nitrogens with zero attached hydrogens (tertiary/aromatic N) is 4. The summed E-state index contributed by atoms with van der Waals surface area (Å²) in [4.78, 5) is 15.1. The summed E-state index contributed by atoms with van der Waals surface area (Å²) in [7, 11) is 1.60. The summed E-state index contributed by atoms with van der Waals surface area (Å²) in [5.74, 6) is -0.333. The highest BCUT2D eigenvalue weighted by atomic mass is 16.5. The molecule has 0 saturated heterocycles. The van der Waals surface area contributed by atoms with Crippen LogP contribution >= 0.6 is 0 Å². The fourth-order valence-electron chi connectivity index (χ4n) is 1.89. The highest BCUT2D eigenvalue weighted by Gasteiger charge is 2.14. The molecule has 1 atom stereocenters. The van der Waals surface area contributed by atoms with E-state index in [1.807, 2.05) is 19.1 Å². The molecule has 21 heavy (non-hydrogen) atoms. The summed E-state index contributed by atoms with van der Waals surface area (Å²) in [6, 6.07) is 2.67. The third kappa shape index (κ3) is 3.99. The van der Waals surface area contributed by atoms with E-state index in [1.54, 1.807) is 18.0 Å². The van der Waals surface area contributed by atoms with Crippen molar-refractivity contribution in [2.75, 3.05) is 7.11 Å². The molecule has 8 heteroatoms. The average Bonchev–Trinajstić information content (AvgIpc) is 2.85. The van der Waals surface area contributed by atoms with E-state index in [4.69, 9.17) is 15.6 Å². The van der Waals surface area contributed by atoms with Gasteiger partial charge < -0.3 is 15.6 Å². The molecule has 0 fully saturated rings. The molecule has 0 aliphatic rings. The fourth-order valence-corrected chi connectivity index (χ4v) is 1.89. The first-order valence-electron chi connectivity index (χ1n) is 6.37. The monoisotopic (exact) mass is 291 g/mol. The van der Waals surface area contributed by atoms with Crippen LogP contribution in [0.15, 0.2) is 18.3 Å². The van der Waals surface area contributed by atoms with E-state index in [-0.39, 0.29) is 6.42 Å². The normalized spacial score (nSPS) is 12.1. The van der Waals surface area contributed by atoms with Crippen LogP contribution in [0.3, 0.4) is 0 Å². The molecule has 0 spiro atoms. The van der Waals surface area contributed by atoms with Crippen LogP contribution in [-0.2, 0) is 17.8 Å². The lowest BCUT2D eigenvalue weighted by atomic mass is 10.2. The van der Waals surface area contributed by atoms with Gasteiger partial charge in [0.2, 0.25) is 0 Å². The zero-order chi connectivity index (χ0) is 15.4. The molecule has 0 bridgehead atoms. The predicted molar refractivity (Wildman–Crippen MR) is 74.0 cm³/mol. The summed E-state index contributed by atoms with van der Waals surface area (Å²) in [5, 5.41) is 16.6. The number of aliphatic carboxylic acids is 1. The van der Waals surface area contributed by atoms with Crippen LogP contribution in [0.2, 0.25) is 0 Å². The molecule has 0 aliphatic heterocycles. The minimum Gasteiger partial charge on any atom is -0.497 e. The van der Waals surface area contributed by atoms with Crippen molar-refractivity contribution in [2.24, 2.45) is 5.73 Å². The second-order valence-corrected chi connectivity index (χ2v) is 4.70. The lowest BCUT2D eigenvalue weighted by Gasteiger charge is -2.05. The van der Waals surface area contributed by atoms with Gasteiger partial charge in [-0.15, -0.1) is 5.10 Å². The molecule has 112 valence electrons. The zero-order valence-electron chi connectivity index (χ0n) is 11.9. The quantitative estimate of drug-likeness (QED) is 0.769. The minimum atomic E-state index is -1.06. The maximum atomic E-state index is 10.7. The van der Waals surface area contributed by atoms with E-state index >= 15 is 0 Å². The predicted octanol–water partition coefficient (Wildman–Crippen LogP) is -0.00718. The molecule has 0 radical (unpaired) electrons. The fraction of sp³-hybridized carbons (Fsp3) is 0.385. The third-order valence-electron chi connectivity index (χ3n) is 2.87. The molecule has 0 saturated carbocycles. The topological polar surface area (TPSA) is 116 Å². The van der Waals surface area contributed by atoms with Crippen LogP contribution in [-0.4, -0.2) is 44.2 Å². The molecule has 1 unspecified atom stereocenters. The second kappa shape index (κ2) is 6.31. The van der Waals surface area contributed by atoms with E-state index in [1.165, 1.54) is 0 Å². The highest BCUT2D eigenvalue weighted by Crippen LogP contribution is 2.14. The van der Waals surface area contributed by atoms with Gasteiger partial charge in [0.1, 0.15) is 11.8 Å². The molecule has 2 aromatic heterocycles. The van der Waals surface area contributed by atoms with E-state index in [0.717, 1.165) is 17.1 Å². The number of pyridine rings is 1. The van der Waals surface area contributed by atoms with Crippen molar-refractivity contribution in [2.45, 2.75) is 25.9 Å². The standard InChI is InChI=1S/C13H17N5O3/c1-8-3-11(21-2)4-9(15-8)6-18-7-10(16-17-18)5-12(14)13(19)20/h3-4,7,12H,5-6,14H2,1-2H3,(H,19,20). The maximum absolute atomic E-state index is 10.7. The van der Waals surface area contributed by atoms with Crippen LogP contribution in [0.4, 0.5) is 0 Å². The Balaban J connectivity index is 2.09. The van der Waals surface area contributed by atoms with Gasteiger partial charge in [0.15, 0.2) is 0 Å². The number of rotatable bonds is 6. The summed E-state index contributed by atoms with van der Waals surface area (Å²) in [6.07, 6.45) is 1.80. The number of hydrogen-bond donors (Lipinski definition) is 2. The van der Waals surface area contributed by atoms with Crippen LogP contribution in [0.5, 0.6) is 5.75 Å². The van der Waals surface area contributed by atoms with Gasteiger partial charge in [-0.1, -0.05) is 5.21 Å². The Morgan fingerprint density at radius 1 is 1.48 bits per heavy atom. The molecular formula is C13H17N5O3. The number of carbonyl (C=O) groups is 1. The van der Waals surface area contributed by atoms with E-state index < -0.39 is 12.0 Å². The van der Waals surface area contributed by atoms with Gasteiger partial charge in [0, 0.05) is 30.4 Å². The average molecular weight is 291 g/mol. The van der Waals surface area contributed by atoms with Gasteiger partial charge >= 0.3 is 5.97 Å². The van der Waals surface area contributed by atoms with Crippen molar-refractivity contribution in [3.05, 3.63) is 35.4 Å². The Morgan fingerprint density at radius 3 is 2.90 bits per heavy atom. The highest BCUT2D eigenvalue weighted by molar-refractivity contribution is 5.73. The van der Waals surface area contributed by atoms with Gasteiger partial charge in [-0.05, 0) is 6.92 Å². The Labute approximate surface area is 121 Å². The molecule has 2 rings (SSSR count). The van der Waals surface area contributed by atoms with E-state index in [2.05, 4.69) is 15.3 Å². The second-order valence-electron chi connectivity index (χ2n) is 4.70. The van der Waals surface area contributed by atoms with Crippen molar-refractivity contribution in [1.29, 1.82) is 0 Å². The van der Waals surface area contributed by atoms with Crippen LogP contribution in [0.25, 0.3) is 0 Å². The van der Waals surface area contributed by atoms with Crippen molar-refractivity contribution < 1.29 is 14.6 Å². The number of hydrogen-bond acceptors (Lipinski definition) is 6. The van der Waals surface area contributed by atoms with Crippen molar-refractivity contribution in [3.63, 3.8) is 0 Å². The number of carboxylic acids is 1. The lowest BCUT2D eigenvalue weighted by Crippen LogP contribution is -2.32. The van der Waals surface area contributed by atoms with Gasteiger partial charge in [-0.3, -0.25) is 9.78 Å². The van der Waals surface area contributed by atoms with Crippen LogP contribution in [0, 0.1) is 6.92 Å². The Kier molecular flexibility index (Phi) is 4.49. The number of aryl methyl sites for hydroxylation is 1. The largest absolute Gasteiger partial charge is 0.497 e. The van der Waals surface area contributed by atoms with Crippen molar-refractivity contribution >= 4 is 5.97 Å². The minimum absolute atomic E-state index is 0.139. The summed E-state index contributed by atoms with van der Waals surface area (Å²) in [6.45, 7) is 2.30. The van der Waals surface area contributed by atoms with Crippen LogP contribution in [0.1, 0.15) is 17.1 Å². The molecule has 3 N–H and O–H groups in total. The first-order valence-corrected chi connectivity index (χ1v) is 6.37. The maximum Gasteiger partial charge on any atom is 0.320 e. The van der Waals surface area contributed by atoms with E-state index in [0.29, 0.717) is 12.2 Å². The summed E-state index contributed by atoms with van der Waals surface area (Å²) >= 11 is 0. The molecule has 2 aromatic rings. The SMILES string of the molecule is COc1cc(C)nc(Cn2cc(CC(N)C(=O)O)nn2)c1. The zero-order valence-corrected chi connectivity index (χ0v) is 11.9. The van der Waals surface area contributed by atoms with Crippen LogP contribution < -0.4 is 10.5 Å². The number of nitrogens with two attached hydrogens (primary N) is 1. The lowest BCUT2D eigenvalue weighted by molar-refractivity contribution is -0.138. The molecule has 8 nitrogen and oxygen atoms in total. The Morgan fingerprint density at radius 2 is 2.24 bits per heavy atom. The van der Waals surface area contributed by atoms with Gasteiger partial charge in [-0.2, -0.15) is 0 Å². The third-order valence-corrected chi connectivity index (χ3v) is 2.87. The molecule has 0 aliphatic carbocycles. The first kappa shape index (κ1) is 14.9. The van der Waals surface area contributed by atoms with E-state index in [9.17, 15) is 4.79 Å². The number of carboxylic acid groups (broad SMARTS) is 1. The molecule has 2 heterocycles. The molecular weight excluding hydrogens is 274 g/mol. The van der Waals surface area contributed by atoms with Gasteiger partial charge in [0.05, 0.1) is 25.0 Å². The Bertz CT molecular complexity index is 640. The number of aromatic nitrogens is 4.